The number of nitriles is 1. The zero-order valence-electron chi connectivity index (χ0n) is 16.3. The molecule has 0 N–H and O–H groups in total. The average Bonchev–Trinajstić information content (AvgIpc) is 2.76. The van der Waals surface area contributed by atoms with Crippen molar-refractivity contribution < 1.29 is 14.4 Å². The highest BCUT2D eigenvalue weighted by Crippen LogP contribution is 2.36. The summed E-state index contributed by atoms with van der Waals surface area (Å²) in [7, 11) is 1.54. The average molecular weight is 547 g/mol. The van der Waals surface area contributed by atoms with Crippen molar-refractivity contribution in [3.63, 3.8) is 0 Å². The Hall–Kier alpha value is -3.09. The number of nitrogens with zero attached hydrogens (tertiary/aromatic N) is 2. The first-order valence-corrected chi connectivity index (χ1v) is 10.5. The van der Waals surface area contributed by atoms with Crippen LogP contribution < -0.4 is 9.47 Å². The van der Waals surface area contributed by atoms with Gasteiger partial charge in [-0.25, -0.2) is 0 Å². The number of methoxy groups -OCH3 is 1. The predicted molar refractivity (Wildman–Crippen MR) is 128 cm³/mol. The van der Waals surface area contributed by atoms with Gasteiger partial charge in [-0.05, 0) is 81.8 Å². The summed E-state index contributed by atoms with van der Waals surface area (Å²) in [6.07, 6.45) is 1.76. The molecule has 0 atom stereocenters. The molecular weight excluding hydrogens is 531 g/mol. The molecule has 0 aliphatic rings. The van der Waals surface area contributed by atoms with Gasteiger partial charge in [0.25, 0.3) is 5.69 Å². The van der Waals surface area contributed by atoms with Gasteiger partial charge in [-0.15, -0.1) is 0 Å². The van der Waals surface area contributed by atoms with Crippen molar-refractivity contribution in [2.75, 3.05) is 7.11 Å². The smallest absolute Gasteiger partial charge is 0.269 e. The fourth-order valence-electron chi connectivity index (χ4n) is 2.84. The Balaban J connectivity index is 1.86. The lowest BCUT2D eigenvalue weighted by molar-refractivity contribution is -0.384. The number of rotatable bonds is 7. The number of allylic oxidation sites excluding steroid dienone is 1. The van der Waals surface area contributed by atoms with Crippen LogP contribution in [0.5, 0.6) is 11.5 Å². The lowest BCUT2D eigenvalue weighted by atomic mass is 10.0. The number of hydrogen-bond donors (Lipinski definition) is 0. The maximum Gasteiger partial charge on any atom is 0.269 e. The van der Waals surface area contributed by atoms with Gasteiger partial charge in [0, 0.05) is 17.2 Å². The van der Waals surface area contributed by atoms with E-state index in [2.05, 4.69) is 28.7 Å². The molecule has 0 spiro atoms. The standard InChI is InChI=1S/C23H16ClIN2O4/c1-30-22-11-16(9-18(13-26)17-3-2-4-19(24)12-17)10-21(25)23(22)31-14-15-5-7-20(8-6-15)27(28)29/h2-12H,14H2,1H3/b18-9-. The van der Waals surface area contributed by atoms with Gasteiger partial charge in [0.2, 0.25) is 0 Å². The largest absolute Gasteiger partial charge is 0.493 e. The molecule has 0 heterocycles. The Labute approximate surface area is 198 Å². The second-order valence-corrected chi connectivity index (χ2v) is 8.03. The highest BCUT2D eigenvalue weighted by Gasteiger charge is 2.13. The summed E-state index contributed by atoms with van der Waals surface area (Å²) >= 11 is 8.19. The SMILES string of the molecule is COc1cc(/C=C(/C#N)c2cccc(Cl)c2)cc(I)c1OCc1ccc([N+](=O)[O-])cc1. The van der Waals surface area contributed by atoms with Crippen molar-refractivity contribution in [3.05, 3.63) is 96.1 Å². The molecule has 8 heteroatoms. The molecular formula is C23H16ClIN2O4. The van der Waals surface area contributed by atoms with Crippen molar-refractivity contribution in [2.24, 2.45) is 0 Å². The first kappa shape index (κ1) is 22.6. The Morgan fingerprint density at radius 3 is 2.58 bits per heavy atom. The number of non-ortho nitro benzene ring substituents is 1. The summed E-state index contributed by atoms with van der Waals surface area (Å²) < 4.78 is 12.2. The monoisotopic (exact) mass is 546 g/mol. The van der Waals surface area contributed by atoms with E-state index in [0.717, 1.165) is 20.3 Å². The van der Waals surface area contributed by atoms with Crippen molar-refractivity contribution >= 4 is 51.5 Å². The number of benzene rings is 3. The van der Waals surface area contributed by atoms with Gasteiger partial charge >= 0.3 is 0 Å². The van der Waals surface area contributed by atoms with E-state index in [1.54, 1.807) is 49.6 Å². The predicted octanol–water partition coefficient (Wildman–Crippen LogP) is 6.50. The van der Waals surface area contributed by atoms with E-state index in [0.29, 0.717) is 22.1 Å². The van der Waals surface area contributed by atoms with Crippen molar-refractivity contribution in [1.82, 2.24) is 0 Å². The van der Waals surface area contributed by atoms with Gasteiger partial charge in [0.15, 0.2) is 11.5 Å². The van der Waals surface area contributed by atoms with E-state index in [1.165, 1.54) is 12.1 Å². The van der Waals surface area contributed by atoms with E-state index >= 15 is 0 Å². The third-order valence-corrected chi connectivity index (χ3v) is 5.39. The minimum Gasteiger partial charge on any atom is -0.493 e. The molecule has 3 aromatic rings. The lowest BCUT2D eigenvalue weighted by Crippen LogP contribution is -2.00. The van der Waals surface area contributed by atoms with Gasteiger partial charge in [-0.1, -0.05) is 23.7 Å². The Bertz CT molecular complexity index is 1190. The molecule has 0 radical (unpaired) electrons. The zero-order valence-corrected chi connectivity index (χ0v) is 19.3. The molecule has 0 amide bonds. The van der Waals surface area contributed by atoms with Crippen LogP contribution in [0.1, 0.15) is 16.7 Å². The summed E-state index contributed by atoms with van der Waals surface area (Å²) in [5, 5.41) is 20.9. The van der Waals surface area contributed by atoms with E-state index in [4.69, 9.17) is 21.1 Å². The maximum atomic E-state index is 10.8. The number of nitro benzene ring substituents is 1. The topological polar surface area (TPSA) is 85.4 Å². The minimum absolute atomic E-state index is 0.0278. The second-order valence-electron chi connectivity index (χ2n) is 6.43. The van der Waals surface area contributed by atoms with Crippen LogP contribution in [-0.2, 0) is 6.61 Å². The van der Waals surface area contributed by atoms with Crippen LogP contribution in [0.2, 0.25) is 5.02 Å². The Kier molecular flexibility index (Phi) is 7.50. The molecule has 0 aliphatic heterocycles. The van der Waals surface area contributed by atoms with Gasteiger partial charge in [0.05, 0.1) is 27.2 Å². The van der Waals surface area contributed by atoms with Crippen LogP contribution in [0.15, 0.2) is 60.7 Å². The first-order valence-electron chi connectivity index (χ1n) is 9.02. The maximum absolute atomic E-state index is 10.8. The summed E-state index contributed by atoms with van der Waals surface area (Å²) in [6.45, 7) is 0.228. The van der Waals surface area contributed by atoms with Gasteiger partial charge in [-0.3, -0.25) is 10.1 Å². The third-order valence-electron chi connectivity index (χ3n) is 4.35. The fourth-order valence-corrected chi connectivity index (χ4v) is 3.81. The highest BCUT2D eigenvalue weighted by atomic mass is 127. The Morgan fingerprint density at radius 1 is 1.23 bits per heavy atom. The summed E-state index contributed by atoms with van der Waals surface area (Å²) in [4.78, 5) is 10.3. The van der Waals surface area contributed by atoms with Crippen LogP contribution in [0.25, 0.3) is 11.6 Å². The zero-order chi connectivity index (χ0) is 22.4. The third kappa shape index (κ3) is 5.75. The van der Waals surface area contributed by atoms with Crippen LogP contribution in [0, 0.1) is 25.0 Å². The highest BCUT2D eigenvalue weighted by molar-refractivity contribution is 14.1. The molecule has 0 bridgehead atoms. The van der Waals surface area contributed by atoms with Gasteiger partial charge in [0.1, 0.15) is 6.61 Å². The van der Waals surface area contributed by atoms with E-state index in [-0.39, 0.29) is 12.3 Å². The van der Waals surface area contributed by atoms with Crippen molar-refractivity contribution in [1.29, 1.82) is 5.26 Å². The van der Waals surface area contributed by atoms with Gasteiger partial charge < -0.3 is 9.47 Å². The van der Waals surface area contributed by atoms with Crippen molar-refractivity contribution in [2.45, 2.75) is 6.61 Å². The summed E-state index contributed by atoms with van der Waals surface area (Å²) in [6, 6.07) is 19.2. The molecule has 3 aromatic carbocycles. The molecule has 3 rings (SSSR count). The first-order chi connectivity index (χ1) is 14.9. The molecule has 0 aliphatic carbocycles. The number of hydrogen-bond acceptors (Lipinski definition) is 5. The van der Waals surface area contributed by atoms with Crippen LogP contribution >= 0.6 is 34.2 Å². The molecule has 31 heavy (non-hydrogen) atoms. The van der Waals surface area contributed by atoms with Crippen LogP contribution in [0.4, 0.5) is 5.69 Å². The molecule has 6 nitrogen and oxygen atoms in total. The normalized spacial score (nSPS) is 11.0. The molecule has 0 unspecified atom stereocenters. The minimum atomic E-state index is -0.443. The lowest BCUT2D eigenvalue weighted by Gasteiger charge is -2.14. The van der Waals surface area contributed by atoms with Gasteiger partial charge in [-0.2, -0.15) is 5.26 Å². The van der Waals surface area contributed by atoms with E-state index in [9.17, 15) is 15.4 Å². The van der Waals surface area contributed by atoms with Crippen molar-refractivity contribution in [3.8, 4) is 17.6 Å². The molecule has 0 saturated heterocycles. The molecule has 156 valence electrons. The molecule has 0 saturated carbocycles. The summed E-state index contributed by atoms with van der Waals surface area (Å²) in [5.74, 6) is 1.07. The summed E-state index contributed by atoms with van der Waals surface area (Å²) in [5.41, 5.74) is 2.79. The van der Waals surface area contributed by atoms with Crippen LogP contribution in [-0.4, -0.2) is 12.0 Å². The van der Waals surface area contributed by atoms with E-state index in [1.807, 2.05) is 12.1 Å². The Morgan fingerprint density at radius 2 is 1.97 bits per heavy atom. The van der Waals surface area contributed by atoms with Crippen LogP contribution in [0.3, 0.4) is 0 Å². The molecule has 0 aromatic heterocycles. The quantitative estimate of drug-likeness (QED) is 0.111. The molecule has 0 fully saturated rings. The number of ether oxygens (including phenoxy) is 2. The number of nitro groups is 1. The fraction of sp³-hybridized carbons (Fsp3) is 0.0870. The second kappa shape index (κ2) is 10.3. The number of halogens is 2. The van der Waals surface area contributed by atoms with E-state index < -0.39 is 4.92 Å².